The third kappa shape index (κ3) is 1.39. The average molecular weight is 234 g/mol. The summed E-state index contributed by atoms with van der Waals surface area (Å²) in [5.41, 5.74) is 0.0950. The van der Waals surface area contributed by atoms with Gasteiger partial charge in [0.1, 0.15) is 5.76 Å². The molecule has 5 heteroatoms. The largest absolute Gasteiger partial charge is 0.507 e. The summed E-state index contributed by atoms with van der Waals surface area (Å²) in [5, 5.41) is 19.3. The van der Waals surface area contributed by atoms with Gasteiger partial charge in [-0.1, -0.05) is 0 Å². The number of carbonyl (C=O) groups excluding carboxylic acids is 2. The van der Waals surface area contributed by atoms with Crippen LogP contribution in [0.3, 0.4) is 0 Å². The van der Waals surface area contributed by atoms with Crippen LogP contribution < -0.4 is 4.74 Å². The molecule has 2 rings (SSSR count). The molecule has 0 radical (unpaired) electrons. The van der Waals surface area contributed by atoms with Gasteiger partial charge < -0.3 is 14.9 Å². The smallest absolute Gasteiger partial charge is 0.237 e. The SMILES string of the molecule is COc1c(O)ccc2c1C(=O)C(=O)C(C)=C2O. The van der Waals surface area contributed by atoms with Crippen LogP contribution in [-0.4, -0.2) is 28.9 Å². The van der Waals surface area contributed by atoms with Crippen molar-refractivity contribution in [1.82, 2.24) is 0 Å². The minimum absolute atomic E-state index is 0.00440. The van der Waals surface area contributed by atoms with E-state index in [2.05, 4.69) is 0 Å². The van der Waals surface area contributed by atoms with Crippen LogP contribution in [0.5, 0.6) is 11.5 Å². The topological polar surface area (TPSA) is 83.8 Å². The number of methoxy groups -OCH3 is 1. The van der Waals surface area contributed by atoms with Gasteiger partial charge in [-0.3, -0.25) is 9.59 Å². The number of aliphatic hydroxyl groups is 1. The fourth-order valence-electron chi connectivity index (χ4n) is 1.79. The monoisotopic (exact) mass is 234 g/mol. The number of phenols is 1. The Morgan fingerprint density at radius 1 is 1.12 bits per heavy atom. The molecule has 0 aliphatic heterocycles. The summed E-state index contributed by atoms with van der Waals surface area (Å²) in [4.78, 5) is 23.4. The number of fused-ring (bicyclic) bond motifs is 1. The molecule has 17 heavy (non-hydrogen) atoms. The molecule has 88 valence electrons. The van der Waals surface area contributed by atoms with Crippen molar-refractivity contribution in [2.45, 2.75) is 6.92 Å². The quantitative estimate of drug-likeness (QED) is 0.718. The van der Waals surface area contributed by atoms with E-state index in [0.29, 0.717) is 0 Å². The molecule has 1 aliphatic rings. The summed E-state index contributed by atoms with van der Waals surface area (Å²) >= 11 is 0. The van der Waals surface area contributed by atoms with Crippen molar-refractivity contribution in [2.75, 3.05) is 7.11 Å². The van der Waals surface area contributed by atoms with Crippen LogP contribution in [0.15, 0.2) is 17.7 Å². The van der Waals surface area contributed by atoms with E-state index in [1.54, 1.807) is 0 Å². The molecule has 0 saturated heterocycles. The second-order valence-corrected chi connectivity index (χ2v) is 3.67. The Hall–Kier alpha value is -2.30. The van der Waals surface area contributed by atoms with Crippen LogP contribution in [-0.2, 0) is 4.79 Å². The van der Waals surface area contributed by atoms with Gasteiger partial charge in [0.15, 0.2) is 11.5 Å². The number of aromatic hydroxyl groups is 1. The molecule has 0 spiro atoms. The first kappa shape index (κ1) is 11.2. The first-order valence-corrected chi connectivity index (χ1v) is 4.88. The number of rotatable bonds is 1. The highest BCUT2D eigenvalue weighted by molar-refractivity contribution is 6.52. The Morgan fingerprint density at radius 2 is 1.76 bits per heavy atom. The van der Waals surface area contributed by atoms with Gasteiger partial charge >= 0.3 is 0 Å². The molecule has 0 heterocycles. The van der Waals surface area contributed by atoms with E-state index in [4.69, 9.17) is 4.74 Å². The molecule has 1 aromatic rings. The molecule has 5 nitrogen and oxygen atoms in total. The van der Waals surface area contributed by atoms with Crippen LogP contribution >= 0.6 is 0 Å². The summed E-state index contributed by atoms with van der Waals surface area (Å²) in [5.74, 6) is -2.19. The van der Waals surface area contributed by atoms with Crippen LogP contribution in [0.1, 0.15) is 22.8 Å². The summed E-state index contributed by atoms with van der Waals surface area (Å²) in [7, 11) is 1.27. The number of allylic oxidation sites excluding steroid dienone is 1. The van der Waals surface area contributed by atoms with Gasteiger partial charge in [0.25, 0.3) is 0 Å². The van der Waals surface area contributed by atoms with E-state index in [-0.39, 0.29) is 34.0 Å². The summed E-state index contributed by atoms with van der Waals surface area (Å²) in [6.07, 6.45) is 0. The van der Waals surface area contributed by atoms with Crippen molar-refractivity contribution in [2.24, 2.45) is 0 Å². The number of benzene rings is 1. The minimum Gasteiger partial charge on any atom is -0.507 e. The van der Waals surface area contributed by atoms with Crippen molar-refractivity contribution in [3.8, 4) is 11.5 Å². The van der Waals surface area contributed by atoms with Crippen molar-refractivity contribution in [3.63, 3.8) is 0 Å². The van der Waals surface area contributed by atoms with Crippen molar-refractivity contribution in [3.05, 3.63) is 28.8 Å². The third-order valence-electron chi connectivity index (χ3n) is 2.73. The average Bonchev–Trinajstić information content (AvgIpc) is 2.33. The molecule has 1 aromatic carbocycles. The standard InChI is InChI=1S/C12H10O5/c1-5-9(14)6-3-4-7(13)12(17-2)8(6)11(16)10(5)15/h3-4,13-14H,1-2H3. The molecular formula is C12H10O5. The zero-order valence-corrected chi connectivity index (χ0v) is 9.27. The second-order valence-electron chi connectivity index (χ2n) is 3.67. The van der Waals surface area contributed by atoms with Crippen molar-refractivity contribution < 1.29 is 24.5 Å². The van der Waals surface area contributed by atoms with E-state index in [9.17, 15) is 19.8 Å². The van der Waals surface area contributed by atoms with Crippen LogP contribution in [0.2, 0.25) is 0 Å². The fourth-order valence-corrected chi connectivity index (χ4v) is 1.79. The first-order chi connectivity index (χ1) is 7.99. The molecule has 2 N–H and O–H groups in total. The fraction of sp³-hybridized carbons (Fsp3) is 0.167. The first-order valence-electron chi connectivity index (χ1n) is 4.88. The predicted octanol–water partition coefficient (Wildman–Crippen LogP) is 1.46. The van der Waals surface area contributed by atoms with Gasteiger partial charge in [-0.2, -0.15) is 0 Å². The highest BCUT2D eigenvalue weighted by Crippen LogP contribution is 2.38. The molecule has 0 saturated carbocycles. The Balaban J connectivity index is 2.85. The normalized spacial score (nSPS) is 14.9. The van der Waals surface area contributed by atoms with Gasteiger partial charge in [0.05, 0.1) is 12.7 Å². The number of ether oxygens (including phenoxy) is 1. The third-order valence-corrected chi connectivity index (χ3v) is 2.73. The maximum absolute atomic E-state index is 11.8. The number of hydrogen-bond donors (Lipinski definition) is 2. The Kier molecular flexibility index (Phi) is 2.38. The number of carbonyl (C=O) groups is 2. The van der Waals surface area contributed by atoms with Crippen LogP contribution in [0.25, 0.3) is 5.76 Å². The highest BCUT2D eigenvalue weighted by atomic mass is 16.5. The van der Waals surface area contributed by atoms with Crippen LogP contribution in [0.4, 0.5) is 0 Å². The summed E-state index contributed by atoms with van der Waals surface area (Å²) in [6, 6.07) is 2.67. The number of aliphatic hydroxyl groups excluding tert-OH is 1. The summed E-state index contributed by atoms with van der Waals surface area (Å²) < 4.78 is 4.89. The second kappa shape index (κ2) is 3.62. The van der Waals surface area contributed by atoms with Crippen molar-refractivity contribution in [1.29, 1.82) is 0 Å². The van der Waals surface area contributed by atoms with Crippen molar-refractivity contribution >= 4 is 17.3 Å². The molecule has 0 unspecified atom stereocenters. The Bertz CT molecular complexity index is 569. The lowest BCUT2D eigenvalue weighted by molar-refractivity contribution is -0.111. The lowest BCUT2D eigenvalue weighted by atomic mass is 9.88. The Labute approximate surface area is 97.0 Å². The highest BCUT2D eigenvalue weighted by Gasteiger charge is 2.34. The van der Waals surface area contributed by atoms with Gasteiger partial charge in [0, 0.05) is 11.1 Å². The minimum atomic E-state index is -0.793. The molecule has 1 aliphatic carbocycles. The van der Waals surface area contributed by atoms with E-state index >= 15 is 0 Å². The van der Waals surface area contributed by atoms with Gasteiger partial charge in [0.2, 0.25) is 11.6 Å². The number of phenolic OH excluding ortho intramolecular Hbond substituents is 1. The van der Waals surface area contributed by atoms with E-state index in [0.717, 1.165) is 0 Å². The lowest BCUT2D eigenvalue weighted by Gasteiger charge is -2.18. The molecule has 0 bridgehead atoms. The maximum Gasteiger partial charge on any atom is 0.237 e. The Morgan fingerprint density at radius 3 is 2.35 bits per heavy atom. The number of ketones is 2. The van der Waals surface area contributed by atoms with E-state index in [1.165, 1.54) is 26.2 Å². The molecular weight excluding hydrogens is 224 g/mol. The number of hydrogen-bond acceptors (Lipinski definition) is 5. The zero-order chi connectivity index (χ0) is 12.7. The molecule has 0 aromatic heterocycles. The zero-order valence-electron chi connectivity index (χ0n) is 9.27. The summed E-state index contributed by atoms with van der Waals surface area (Å²) in [6.45, 7) is 1.37. The molecule has 0 fully saturated rings. The number of Topliss-reactive ketones (excluding diaryl/α,β-unsaturated/α-hetero) is 2. The van der Waals surface area contributed by atoms with E-state index in [1.807, 2.05) is 0 Å². The maximum atomic E-state index is 11.8. The van der Waals surface area contributed by atoms with Crippen LogP contribution in [0, 0.1) is 0 Å². The lowest BCUT2D eigenvalue weighted by Crippen LogP contribution is -2.23. The predicted molar refractivity (Wildman–Crippen MR) is 59.2 cm³/mol. The molecule has 0 amide bonds. The van der Waals surface area contributed by atoms with Gasteiger partial charge in [-0.15, -0.1) is 0 Å². The van der Waals surface area contributed by atoms with E-state index < -0.39 is 11.6 Å². The van der Waals surface area contributed by atoms with Gasteiger partial charge in [-0.25, -0.2) is 0 Å². The molecule has 0 atom stereocenters. The van der Waals surface area contributed by atoms with Gasteiger partial charge in [-0.05, 0) is 19.1 Å².